The largest absolute Gasteiger partial charge is 0.486 e. The number of para-hydroxylation sites is 1. The fourth-order valence-corrected chi connectivity index (χ4v) is 1.78. The number of ether oxygens (including phenoxy) is 1. The summed E-state index contributed by atoms with van der Waals surface area (Å²) in [7, 11) is 0. The highest BCUT2D eigenvalue weighted by atomic mass is 19.1. The summed E-state index contributed by atoms with van der Waals surface area (Å²) in [5.74, 6) is 0.672. The van der Waals surface area contributed by atoms with E-state index in [1.807, 2.05) is 0 Å². The van der Waals surface area contributed by atoms with Crippen molar-refractivity contribution < 1.29 is 9.13 Å². The van der Waals surface area contributed by atoms with E-state index < -0.39 is 0 Å². The van der Waals surface area contributed by atoms with Gasteiger partial charge in [-0.15, -0.1) is 0 Å². The second-order valence-electron chi connectivity index (χ2n) is 5.01. The Morgan fingerprint density at radius 2 is 1.94 bits per heavy atom. The molecule has 0 bridgehead atoms. The molecule has 0 fully saturated rings. The first-order valence-corrected chi connectivity index (χ1v) is 6.75. The van der Waals surface area contributed by atoms with Crippen LogP contribution in [0.5, 0.6) is 5.75 Å². The molecule has 102 valence electrons. The first-order chi connectivity index (χ1) is 8.63. The van der Waals surface area contributed by atoms with Crippen molar-refractivity contribution in [2.75, 3.05) is 13.1 Å². The number of nitrogens with one attached hydrogen (secondary N) is 1. The minimum absolute atomic E-state index is 0.0330. The lowest BCUT2D eigenvalue weighted by molar-refractivity contribution is 0.177. The van der Waals surface area contributed by atoms with Crippen molar-refractivity contribution in [2.24, 2.45) is 5.92 Å². The Balaban J connectivity index is 2.49. The SMILES string of the molecule is CCCC(CNCC(C)C)Oc1ccccc1F. The molecule has 0 spiro atoms. The molecule has 1 atom stereocenters. The molecule has 2 nitrogen and oxygen atoms in total. The molecule has 1 rings (SSSR count). The van der Waals surface area contributed by atoms with Crippen molar-refractivity contribution in [1.29, 1.82) is 0 Å². The lowest BCUT2D eigenvalue weighted by Gasteiger charge is -2.20. The lowest BCUT2D eigenvalue weighted by atomic mass is 10.2. The summed E-state index contributed by atoms with van der Waals surface area (Å²) < 4.78 is 19.2. The van der Waals surface area contributed by atoms with E-state index in [-0.39, 0.29) is 11.9 Å². The molecule has 0 heterocycles. The van der Waals surface area contributed by atoms with Gasteiger partial charge in [-0.25, -0.2) is 4.39 Å². The first-order valence-electron chi connectivity index (χ1n) is 6.75. The van der Waals surface area contributed by atoms with Gasteiger partial charge in [0.1, 0.15) is 6.10 Å². The number of hydrogen-bond acceptors (Lipinski definition) is 2. The Labute approximate surface area is 110 Å². The van der Waals surface area contributed by atoms with Crippen LogP contribution in [0.1, 0.15) is 33.6 Å². The number of rotatable bonds is 8. The van der Waals surface area contributed by atoms with Crippen molar-refractivity contribution in [3.63, 3.8) is 0 Å². The van der Waals surface area contributed by atoms with E-state index in [1.165, 1.54) is 6.07 Å². The monoisotopic (exact) mass is 253 g/mol. The zero-order valence-electron chi connectivity index (χ0n) is 11.6. The van der Waals surface area contributed by atoms with E-state index in [0.717, 1.165) is 25.9 Å². The van der Waals surface area contributed by atoms with E-state index in [2.05, 4.69) is 26.1 Å². The second kappa shape index (κ2) is 8.09. The van der Waals surface area contributed by atoms with Gasteiger partial charge >= 0.3 is 0 Å². The molecule has 0 saturated heterocycles. The molecule has 1 aromatic rings. The predicted octanol–water partition coefficient (Wildman–Crippen LogP) is 3.62. The maximum Gasteiger partial charge on any atom is 0.165 e. The molecule has 0 aliphatic rings. The van der Waals surface area contributed by atoms with Crippen molar-refractivity contribution in [3.8, 4) is 5.75 Å². The van der Waals surface area contributed by atoms with Gasteiger partial charge in [0.15, 0.2) is 11.6 Å². The van der Waals surface area contributed by atoms with Crippen LogP contribution in [0, 0.1) is 11.7 Å². The Kier molecular flexibility index (Phi) is 6.73. The maximum atomic E-state index is 13.5. The summed E-state index contributed by atoms with van der Waals surface area (Å²) in [5, 5.41) is 3.36. The third-order valence-electron chi connectivity index (χ3n) is 2.67. The molecule has 0 aliphatic heterocycles. The molecule has 1 unspecified atom stereocenters. The van der Waals surface area contributed by atoms with Crippen LogP contribution in [0.25, 0.3) is 0 Å². The van der Waals surface area contributed by atoms with Crippen LogP contribution < -0.4 is 10.1 Å². The van der Waals surface area contributed by atoms with E-state index >= 15 is 0 Å². The Hall–Kier alpha value is -1.09. The van der Waals surface area contributed by atoms with Gasteiger partial charge in [-0.1, -0.05) is 39.3 Å². The van der Waals surface area contributed by atoms with Gasteiger partial charge in [-0.3, -0.25) is 0 Å². The van der Waals surface area contributed by atoms with E-state index in [9.17, 15) is 4.39 Å². The minimum Gasteiger partial charge on any atom is -0.486 e. The Bertz CT molecular complexity index is 341. The summed E-state index contributed by atoms with van der Waals surface area (Å²) in [6.07, 6.45) is 1.99. The second-order valence-corrected chi connectivity index (χ2v) is 5.01. The average Bonchev–Trinajstić information content (AvgIpc) is 2.32. The molecule has 18 heavy (non-hydrogen) atoms. The summed E-state index contributed by atoms with van der Waals surface area (Å²) in [4.78, 5) is 0. The molecule has 1 aromatic carbocycles. The summed E-state index contributed by atoms with van der Waals surface area (Å²) in [6.45, 7) is 8.17. The van der Waals surface area contributed by atoms with Gasteiger partial charge in [0, 0.05) is 6.54 Å². The van der Waals surface area contributed by atoms with Crippen molar-refractivity contribution in [1.82, 2.24) is 5.32 Å². The zero-order chi connectivity index (χ0) is 13.4. The van der Waals surface area contributed by atoms with Crippen LogP contribution in [-0.4, -0.2) is 19.2 Å². The number of hydrogen-bond donors (Lipinski definition) is 1. The van der Waals surface area contributed by atoms with Crippen molar-refractivity contribution in [2.45, 2.75) is 39.7 Å². The van der Waals surface area contributed by atoms with Crippen LogP contribution in [0.3, 0.4) is 0 Å². The fraction of sp³-hybridized carbons (Fsp3) is 0.600. The van der Waals surface area contributed by atoms with Crippen LogP contribution in [-0.2, 0) is 0 Å². The van der Waals surface area contributed by atoms with Crippen LogP contribution in [0.2, 0.25) is 0 Å². The highest BCUT2D eigenvalue weighted by molar-refractivity contribution is 5.23. The molecule has 0 radical (unpaired) electrons. The number of benzene rings is 1. The average molecular weight is 253 g/mol. The summed E-state index contributed by atoms with van der Waals surface area (Å²) in [6, 6.07) is 6.58. The molecule has 3 heteroatoms. The molecule has 0 amide bonds. The minimum atomic E-state index is -0.289. The molecule has 1 N–H and O–H groups in total. The van der Waals surface area contributed by atoms with Gasteiger partial charge in [0.05, 0.1) is 0 Å². The van der Waals surface area contributed by atoms with E-state index in [4.69, 9.17) is 4.74 Å². The van der Waals surface area contributed by atoms with Gasteiger partial charge < -0.3 is 10.1 Å². The van der Waals surface area contributed by atoms with Crippen molar-refractivity contribution >= 4 is 0 Å². The van der Waals surface area contributed by atoms with Crippen LogP contribution >= 0.6 is 0 Å². The van der Waals surface area contributed by atoms with E-state index in [1.54, 1.807) is 18.2 Å². The first kappa shape index (κ1) is 15.0. The lowest BCUT2D eigenvalue weighted by Crippen LogP contribution is -2.33. The van der Waals surface area contributed by atoms with Gasteiger partial charge in [0.2, 0.25) is 0 Å². The highest BCUT2D eigenvalue weighted by Crippen LogP contribution is 2.18. The molecule has 0 saturated carbocycles. The summed E-state index contributed by atoms with van der Waals surface area (Å²) >= 11 is 0. The third-order valence-corrected chi connectivity index (χ3v) is 2.67. The smallest absolute Gasteiger partial charge is 0.165 e. The van der Waals surface area contributed by atoms with Crippen molar-refractivity contribution in [3.05, 3.63) is 30.1 Å². The van der Waals surface area contributed by atoms with Crippen LogP contribution in [0.4, 0.5) is 4.39 Å². The molecule has 0 aliphatic carbocycles. The van der Waals surface area contributed by atoms with Gasteiger partial charge in [0.25, 0.3) is 0 Å². The number of halogens is 1. The zero-order valence-corrected chi connectivity index (χ0v) is 11.6. The fourth-order valence-electron chi connectivity index (χ4n) is 1.78. The topological polar surface area (TPSA) is 21.3 Å². The Morgan fingerprint density at radius 1 is 1.22 bits per heavy atom. The van der Waals surface area contributed by atoms with Crippen LogP contribution in [0.15, 0.2) is 24.3 Å². The van der Waals surface area contributed by atoms with Gasteiger partial charge in [-0.05, 0) is 31.0 Å². The quantitative estimate of drug-likeness (QED) is 0.764. The predicted molar refractivity (Wildman–Crippen MR) is 73.4 cm³/mol. The Morgan fingerprint density at radius 3 is 2.56 bits per heavy atom. The van der Waals surface area contributed by atoms with Gasteiger partial charge in [-0.2, -0.15) is 0 Å². The standard InChI is InChI=1S/C15H24FNO/c1-4-7-13(11-17-10-12(2)3)18-15-9-6-5-8-14(15)16/h5-6,8-9,12-13,17H,4,7,10-11H2,1-3H3. The highest BCUT2D eigenvalue weighted by Gasteiger charge is 2.12. The molecule has 0 aromatic heterocycles. The molecular weight excluding hydrogens is 229 g/mol. The van der Waals surface area contributed by atoms with E-state index in [0.29, 0.717) is 11.7 Å². The summed E-state index contributed by atoms with van der Waals surface area (Å²) in [5.41, 5.74) is 0. The maximum absolute atomic E-state index is 13.5. The normalized spacial score (nSPS) is 12.7. The molecular formula is C15H24FNO. The third kappa shape index (κ3) is 5.50.